The van der Waals surface area contributed by atoms with Crippen molar-refractivity contribution in [3.63, 3.8) is 0 Å². The molecule has 1 fully saturated rings. The van der Waals surface area contributed by atoms with E-state index in [1.165, 1.54) is 19.1 Å². The first-order chi connectivity index (χ1) is 13.0. The van der Waals surface area contributed by atoms with Gasteiger partial charge in [0, 0.05) is 32.3 Å². The second kappa shape index (κ2) is 9.08. The largest absolute Gasteiger partial charge is 0.326 e. The third-order valence-corrected chi connectivity index (χ3v) is 5.91. The van der Waals surface area contributed by atoms with E-state index < -0.39 is 28.0 Å². The van der Waals surface area contributed by atoms with Crippen molar-refractivity contribution in [1.29, 1.82) is 0 Å². The second-order valence-corrected chi connectivity index (χ2v) is 8.85. The Morgan fingerprint density at radius 1 is 1.18 bits per heavy atom. The smallest absolute Gasteiger partial charge is 0.262 e. The quantitative estimate of drug-likeness (QED) is 0.138. The number of benzene rings is 1. The maximum Gasteiger partial charge on any atom is 0.262 e. The van der Waals surface area contributed by atoms with E-state index in [4.69, 9.17) is 63.8 Å². The molecular formula is C18H16Cl5N3O2. The normalized spacial score (nSPS) is 21.1. The Balaban J connectivity index is 2.07. The predicted molar refractivity (Wildman–Crippen MR) is 114 cm³/mol. The zero-order valence-corrected chi connectivity index (χ0v) is 18.3. The van der Waals surface area contributed by atoms with E-state index in [9.17, 15) is 9.59 Å². The summed E-state index contributed by atoms with van der Waals surface area (Å²) in [5.41, 5.74) is 3.08. The van der Waals surface area contributed by atoms with Gasteiger partial charge in [0.05, 0.1) is 5.92 Å². The molecule has 1 aromatic rings. The number of hydrogen-bond acceptors (Lipinski definition) is 3. The Hall–Kier alpha value is -1.21. The van der Waals surface area contributed by atoms with Gasteiger partial charge in [-0.2, -0.15) is 0 Å². The highest BCUT2D eigenvalue weighted by atomic mass is 35.5. The highest BCUT2D eigenvalue weighted by molar-refractivity contribution is 6.53. The third-order valence-electron chi connectivity index (χ3n) is 4.12. The summed E-state index contributed by atoms with van der Waals surface area (Å²) in [7, 11) is 0. The van der Waals surface area contributed by atoms with E-state index in [-0.39, 0.29) is 16.3 Å². The van der Waals surface area contributed by atoms with Gasteiger partial charge in [0.1, 0.15) is 4.33 Å². The van der Waals surface area contributed by atoms with Crippen LogP contribution in [0, 0.1) is 5.92 Å². The minimum atomic E-state index is -1.30. The summed E-state index contributed by atoms with van der Waals surface area (Å²) in [6.45, 7) is 5.22. The monoisotopic (exact) mass is 481 g/mol. The van der Waals surface area contributed by atoms with Crippen LogP contribution in [0.5, 0.6) is 0 Å². The van der Waals surface area contributed by atoms with Gasteiger partial charge in [0.25, 0.3) is 5.91 Å². The van der Waals surface area contributed by atoms with Crippen LogP contribution in [0.15, 0.2) is 53.2 Å². The summed E-state index contributed by atoms with van der Waals surface area (Å²) in [4.78, 5) is 24.0. The van der Waals surface area contributed by atoms with Crippen molar-refractivity contribution in [2.45, 2.75) is 17.2 Å². The molecule has 10 heteroatoms. The number of carbonyl (C=O) groups is 2. The molecule has 2 amide bonds. The molecule has 0 aromatic heterocycles. The number of hydrazine groups is 1. The molecule has 0 spiro atoms. The number of nitrogens with one attached hydrogen (secondary N) is 2. The highest BCUT2D eigenvalue weighted by Gasteiger charge is 2.67. The Kier molecular flexibility index (Phi) is 7.48. The third kappa shape index (κ3) is 5.23. The molecule has 2 rings (SSSR count). The van der Waals surface area contributed by atoms with E-state index in [1.807, 2.05) is 5.43 Å². The zero-order valence-electron chi connectivity index (χ0n) is 14.5. The number of allylic oxidation sites excluding steroid dienone is 3. The summed E-state index contributed by atoms with van der Waals surface area (Å²) in [6.07, 6.45) is 2.84. The van der Waals surface area contributed by atoms with Crippen LogP contribution < -0.4 is 16.6 Å². The topological polar surface area (TPSA) is 84.2 Å². The average molecular weight is 484 g/mol. The minimum absolute atomic E-state index is 0.139. The van der Waals surface area contributed by atoms with Crippen molar-refractivity contribution in [2.24, 2.45) is 11.8 Å². The molecule has 0 aliphatic heterocycles. The van der Waals surface area contributed by atoms with Crippen molar-refractivity contribution in [3.8, 4) is 0 Å². The van der Waals surface area contributed by atoms with Crippen molar-refractivity contribution < 1.29 is 9.59 Å². The maximum absolute atomic E-state index is 12.6. The fourth-order valence-corrected chi connectivity index (χ4v) is 4.14. The van der Waals surface area contributed by atoms with Crippen molar-refractivity contribution in [1.82, 2.24) is 10.7 Å². The fourth-order valence-electron chi connectivity index (χ4n) is 2.62. The van der Waals surface area contributed by atoms with Gasteiger partial charge in [-0.05, 0) is 42.8 Å². The first-order valence-electron chi connectivity index (χ1n) is 7.88. The van der Waals surface area contributed by atoms with E-state index in [1.54, 1.807) is 18.2 Å². The second-order valence-electron chi connectivity index (χ2n) is 6.13. The molecule has 0 radical (unpaired) electrons. The average Bonchev–Trinajstić information content (AvgIpc) is 3.19. The molecule has 5 nitrogen and oxygen atoms in total. The fraction of sp³-hybridized carbons (Fsp3) is 0.222. The van der Waals surface area contributed by atoms with Gasteiger partial charge < -0.3 is 5.32 Å². The first-order valence-corrected chi connectivity index (χ1v) is 9.77. The highest BCUT2D eigenvalue weighted by Crippen LogP contribution is 2.65. The SMILES string of the molecule is C=C(/C=C\C(Cl)=C(/C)C(=O)NN)NC(=O)C1C(c2cc(Cl)cc(Cl)c2)C1(Cl)Cl. The van der Waals surface area contributed by atoms with E-state index in [0.29, 0.717) is 15.6 Å². The predicted octanol–water partition coefficient (Wildman–Crippen LogP) is 4.57. The molecule has 2 unspecified atom stereocenters. The lowest BCUT2D eigenvalue weighted by Crippen LogP contribution is -2.30. The van der Waals surface area contributed by atoms with Crippen molar-refractivity contribution in [2.75, 3.05) is 0 Å². The van der Waals surface area contributed by atoms with Gasteiger partial charge in [0.15, 0.2) is 0 Å². The number of hydrogen-bond donors (Lipinski definition) is 3. The Morgan fingerprint density at radius 3 is 2.29 bits per heavy atom. The molecule has 0 bridgehead atoms. The van der Waals surface area contributed by atoms with Crippen LogP contribution in [0.25, 0.3) is 0 Å². The van der Waals surface area contributed by atoms with Gasteiger partial charge in [0.2, 0.25) is 5.91 Å². The molecule has 1 aliphatic carbocycles. The molecule has 1 aliphatic rings. The van der Waals surface area contributed by atoms with Crippen LogP contribution in [-0.2, 0) is 9.59 Å². The summed E-state index contributed by atoms with van der Waals surface area (Å²) in [6, 6.07) is 4.90. The Labute approximate surface area is 187 Å². The summed E-state index contributed by atoms with van der Waals surface area (Å²) in [5, 5.41) is 3.58. The standard InChI is InChI=1S/C18H16Cl5N3O2/c1-8(3-4-13(21)9(2)16(27)26-24)25-17(28)15-14(18(15,22)23)10-5-11(19)7-12(20)6-10/h3-7,14-15H,1,24H2,2H3,(H,25,28)(H,26,27)/b4-3-,13-9-. The van der Waals surface area contributed by atoms with Crippen LogP contribution in [0.4, 0.5) is 0 Å². The van der Waals surface area contributed by atoms with Gasteiger partial charge in [-0.3, -0.25) is 15.0 Å². The molecule has 2 atom stereocenters. The molecule has 4 N–H and O–H groups in total. The van der Waals surface area contributed by atoms with Crippen LogP contribution in [0.1, 0.15) is 18.4 Å². The van der Waals surface area contributed by atoms with Crippen LogP contribution in [0.3, 0.4) is 0 Å². The molecule has 1 saturated carbocycles. The Bertz CT molecular complexity index is 875. The van der Waals surface area contributed by atoms with Crippen LogP contribution >= 0.6 is 58.0 Å². The van der Waals surface area contributed by atoms with Crippen LogP contribution in [-0.4, -0.2) is 16.1 Å². The maximum atomic E-state index is 12.6. The number of halogens is 5. The lowest BCUT2D eigenvalue weighted by Gasteiger charge is -2.05. The van der Waals surface area contributed by atoms with Crippen molar-refractivity contribution in [3.05, 3.63) is 68.8 Å². The van der Waals surface area contributed by atoms with E-state index >= 15 is 0 Å². The lowest BCUT2D eigenvalue weighted by atomic mass is 10.1. The number of rotatable bonds is 6. The van der Waals surface area contributed by atoms with Gasteiger partial charge in [-0.15, -0.1) is 23.2 Å². The van der Waals surface area contributed by atoms with E-state index in [2.05, 4.69) is 11.9 Å². The first kappa shape index (κ1) is 23.1. The summed E-state index contributed by atoms with van der Waals surface area (Å²) < 4.78 is -1.30. The number of alkyl halides is 2. The number of nitrogens with two attached hydrogens (primary N) is 1. The van der Waals surface area contributed by atoms with E-state index in [0.717, 1.165) is 0 Å². The number of amides is 2. The molecule has 150 valence electrons. The minimum Gasteiger partial charge on any atom is -0.326 e. The number of carbonyl (C=O) groups excluding carboxylic acids is 2. The zero-order chi connectivity index (χ0) is 21.2. The van der Waals surface area contributed by atoms with Gasteiger partial charge >= 0.3 is 0 Å². The molecular weight excluding hydrogens is 467 g/mol. The summed E-state index contributed by atoms with van der Waals surface area (Å²) in [5.74, 6) is 2.91. The molecule has 0 heterocycles. The van der Waals surface area contributed by atoms with Crippen LogP contribution in [0.2, 0.25) is 10.0 Å². The Morgan fingerprint density at radius 2 is 1.75 bits per heavy atom. The molecule has 28 heavy (non-hydrogen) atoms. The van der Waals surface area contributed by atoms with Gasteiger partial charge in [-0.25, -0.2) is 5.84 Å². The molecule has 1 aromatic carbocycles. The van der Waals surface area contributed by atoms with Gasteiger partial charge in [-0.1, -0.05) is 41.4 Å². The molecule has 0 saturated heterocycles. The lowest BCUT2D eigenvalue weighted by molar-refractivity contribution is -0.121. The van der Waals surface area contributed by atoms with Crippen molar-refractivity contribution >= 4 is 69.8 Å². The summed E-state index contributed by atoms with van der Waals surface area (Å²) >= 11 is 30.6.